The number of halogens is 1. The first-order chi connectivity index (χ1) is 10.2. The number of aryl methyl sites for hydroxylation is 1. The van der Waals surface area contributed by atoms with Crippen molar-refractivity contribution in [2.24, 2.45) is 7.05 Å². The number of carbonyl (C=O) groups excluding carboxylic acids is 1. The van der Waals surface area contributed by atoms with Crippen LogP contribution in [0.5, 0.6) is 0 Å². The number of rotatable bonds is 2. The summed E-state index contributed by atoms with van der Waals surface area (Å²) in [6.07, 6.45) is 1.60. The lowest BCUT2D eigenvalue weighted by Gasteiger charge is -2.36. The van der Waals surface area contributed by atoms with E-state index in [1.165, 1.54) is 12.1 Å². The number of nitrogens with one attached hydrogen (secondary N) is 1. The molecule has 0 aliphatic carbocycles. The number of benzene rings is 1. The van der Waals surface area contributed by atoms with Gasteiger partial charge in [0, 0.05) is 32.9 Å². The van der Waals surface area contributed by atoms with Gasteiger partial charge < -0.3 is 10.2 Å². The largest absolute Gasteiger partial charge is 0.328 e. The van der Waals surface area contributed by atoms with Crippen LogP contribution in [0.3, 0.4) is 0 Å². The number of hydrogen-bond acceptors (Lipinski definition) is 3. The molecule has 1 saturated heterocycles. The maximum atomic E-state index is 13.4. The molecule has 6 heteroatoms. The molecule has 2 heterocycles. The number of aromatic nitrogens is 2. The molecule has 0 radical (unpaired) electrons. The van der Waals surface area contributed by atoms with Gasteiger partial charge in [0.1, 0.15) is 11.5 Å². The topological polar surface area (TPSA) is 50.2 Å². The molecule has 0 saturated carbocycles. The van der Waals surface area contributed by atoms with Crippen LogP contribution in [0.15, 0.2) is 36.5 Å². The van der Waals surface area contributed by atoms with Crippen LogP contribution in [0.1, 0.15) is 22.1 Å². The van der Waals surface area contributed by atoms with Crippen LogP contribution < -0.4 is 5.32 Å². The summed E-state index contributed by atoms with van der Waals surface area (Å²) in [5, 5.41) is 7.30. The van der Waals surface area contributed by atoms with Gasteiger partial charge in [0.15, 0.2) is 0 Å². The fraction of sp³-hybridized carbons (Fsp3) is 0.333. The molecule has 0 bridgehead atoms. The molecule has 1 aromatic carbocycles. The van der Waals surface area contributed by atoms with Crippen molar-refractivity contribution in [3.05, 3.63) is 53.6 Å². The number of hydrogen-bond donors (Lipinski definition) is 1. The van der Waals surface area contributed by atoms with Gasteiger partial charge in [0.05, 0.1) is 6.04 Å². The fourth-order valence-corrected chi connectivity index (χ4v) is 2.69. The third kappa shape index (κ3) is 2.67. The molecule has 110 valence electrons. The van der Waals surface area contributed by atoms with Crippen LogP contribution in [0, 0.1) is 5.82 Å². The molecular formula is C15H17FN4O. The normalized spacial score (nSPS) is 18.8. The van der Waals surface area contributed by atoms with Crippen LogP contribution in [-0.2, 0) is 7.05 Å². The predicted octanol–water partition coefficient (Wildman–Crippen LogP) is 1.35. The molecule has 0 spiro atoms. The lowest BCUT2D eigenvalue weighted by atomic mass is 10.0. The SMILES string of the molecule is Cn1nccc1C(=O)N1CCNCC1c1cccc(F)c1. The standard InChI is InChI=1S/C15H17FN4O/c1-19-13(5-6-18-19)15(21)20-8-7-17-10-14(20)11-3-2-4-12(16)9-11/h2-6,9,14,17H,7-8,10H2,1H3. The van der Waals surface area contributed by atoms with Gasteiger partial charge in [0.2, 0.25) is 0 Å². The first-order valence-electron chi connectivity index (χ1n) is 6.92. The molecule has 1 N–H and O–H groups in total. The van der Waals surface area contributed by atoms with Crippen LogP contribution in [0.25, 0.3) is 0 Å². The maximum absolute atomic E-state index is 13.4. The summed E-state index contributed by atoms with van der Waals surface area (Å²) in [7, 11) is 1.74. The molecule has 1 aliphatic heterocycles. The van der Waals surface area contributed by atoms with E-state index >= 15 is 0 Å². The summed E-state index contributed by atoms with van der Waals surface area (Å²) in [4.78, 5) is 14.5. The number of amides is 1. The quantitative estimate of drug-likeness (QED) is 0.907. The van der Waals surface area contributed by atoms with Gasteiger partial charge in [-0.15, -0.1) is 0 Å². The van der Waals surface area contributed by atoms with E-state index < -0.39 is 0 Å². The van der Waals surface area contributed by atoms with Crippen molar-refractivity contribution in [1.82, 2.24) is 20.0 Å². The summed E-state index contributed by atoms with van der Waals surface area (Å²) < 4.78 is 15.0. The van der Waals surface area contributed by atoms with Gasteiger partial charge in [-0.1, -0.05) is 12.1 Å². The van der Waals surface area contributed by atoms with E-state index in [1.807, 2.05) is 6.07 Å². The van der Waals surface area contributed by atoms with Gasteiger partial charge in [-0.2, -0.15) is 5.10 Å². The van der Waals surface area contributed by atoms with Crippen molar-refractivity contribution in [3.63, 3.8) is 0 Å². The Morgan fingerprint density at radius 1 is 1.43 bits per heavy atom. The Morgan fingerprint density at radius 2 is 2.29 bits per heavy atom. The van der Waals surface area contributed by atoms with Crippen molar-refractivity contribution >= 4 is 5.91 Å². The molecule has 21 heavy (non-hydrogen) atoms. The van der Waals surface area contributed by atoms with Crippen molar-refractivity contribution < 1.29 is 9.18 Å². The summed E-state index contributed by atoms with van der Waals surface area (Å²) in [6, 6.07) is 7.95. The second-order valence-electron chi connectivity index (χ2n) is 5.11. The highest BCUT2D eigenvalue weighted by Gasteiger charge is 2.29. The zero-order chi connectivity index (χ0) is 14.8. The second kappa shape index (κ2) is 5.65. The molecule has 1 unspecified atom stereocenters. The summed E-state index contributed by atoms with van der Waals surface area (Å²) in [5.41, 5.74) is 1.34. The minimum atomic E-state index is -0.286. The highest BCUT2D eigenvalue weighted by molar-refractivity contribution is 5.92. The fourth-order valence-electron chi connectivity index (χ4n) is 2.69. The van der Waals surface area contributed by atoms with Crippen LogP contribution >= 0.6 is 0 Å². The van der Waals surface area contributed by atoms with Crippen LogP contribution in [0.4, 0.5) is 4.39 Å². The lowest BCUT2D eigenvalue weighted by molar-refractivity contribution is 0.0622. The molecule has 5 nitrogen and oxygen atoms in total. The first-order valence-corrected chi connectivity index (χ1v) is 6.92. The molecule has 3 rings (SSSR count). The van der Waals surface area contributed by atoms with E-state index in [0.717, 1.165) is 12.1 Å². The zero-order valence-corrected chi connectivity index (χ0v) is 11.8. The maximum Gasteiger partial charge on any atom is 0.272 e. The highest BCUT2D eigenvalue weighted by atomic mass is 19.1. The van der Waals surface area contributed by atoms with Crippen LogP contribution in [0.2, 0.25) is 0 Å². The van der Waals surface area contributed by atoms with E-state index in [1.54, 1.807) is 35.0 Å². The average molecular weight is 288 g/mol. The Hall–Kier alpha value is -2.21. The smallest absolute Gasteiger partial charge is 0.272 e. The number of carbonyl (C=O) groups is 1. The molecule has 1 amide bonds. The van der Waals surface area contributed by atoms with Crippen molar-refractivity contribution in [2.75, 3.05) is 19.6 Å². The Kier molecular flexibility index (Phi) is 3.70. The zero-order valence-electron chi connectivity index (χ0n) is 11.8. The number of piperazine rings is 1. The number of nitrogens with zero attached hydrogens (tertiary/aromatic N) is 3. The monoisotopic (exact) mass is 288 g/mol. The molecular weight excluding hydrogens is 271 g/mol. The van der Waals surface area contributed by atoms with Crippen LogP contribution in [-0.4, -0.2) is 40.2 Å². The van der Waals surface area contributed by atoms with Crippen molar-refractivity contribution in [3.8, 4) is 0 Å². The van der Waals surface area contributed by atoms with Gasteiger partial charge >= 0.3 is 0 Å². The Balaban J connectivity index is 1.92. The predicted molar refractivity (Wildman–Crippen MR) is 76.3 cm³/mol. The summed E-state index contributed by atoms with van der Waals surface area (Å²) >= 11 is 0. The first kappa shape index (κ1) is 13.8. The Bertz CT molecular complexity index is 655. The average Bonchev–Trinajstić information content (AvgIpc) is 2.93. The molecule has 1 aliphatic rings. The van der Waals surface area contributed by atoms with Crippen molar-refractivity contribution in [2.45, 2.75) is 6.04 Å². The van der Waals surface area contributed by atoms with E-state index in [2.05, 4.69) is 10.4 Å². The van der Waals surface area contributed by atoms with Gasteiger partial charge in [0.25, 0.3) is 5.91 Å². The van der Waals surface area contributed by atoms with E-state index in [4.69, 9.17) is 0 Å². The summed E-state index contributed by atoms with van der Waals surface area (Å²) in [6.45, 7) is 1.94. The molecule has 1 atom stereocenters. The van der Waals surface area contributed by atoms with Gasteiger partial charge in [-0.25, -0.2) is 4.39 Å². The Labute approximate surface area is 122 Å². The van der Waals surface area contributed by atoms with Gasteiger partial charge in [-0.3, -0.25) is 9.48 Å². The van der Waals surface area contributed by atoms with E-state index in [-0.39, 0.29) is 17.8 Å². The molecule has 1 fully saturated rings. The van der Waals surface area contributed by atoms with Crippen molar-refractivity contribution in [1.29, 1.82) is 0 Å². The van der Waals surface area contributed by atoms with E-state index in [9.17, 15) is 9.18 Å². The minimum absolute atomic E-state index is 0.0780. The third-order valence-corrected chi connectivity index (χ3v) is 3.78. The molecule has 1 aromatic heterocycles. The molecule has 2 aromatic rings. The Morgan fingerprint density at radius 3 is 3.00 bits per heavy atom. The lowest BCUT2D eigenvalue weighted by Crippen LogP contribution is -2.49. The summed E-state index contributed by atoms with van der Waals surface area (Å²) in [5.74, 6) is -0.364. The van der Waals surface area contributed by atoms with Gasteiger partial charge in [-0.05, 0) is 23.8 Å². The third-order valence-electron chi connectivity index (χ3n) is 3.78. The minimum Gasteiger partial charge on any atom is -0.328 e. The van der Waals surface area contributed by atoms with E-state index in [0.29, 0.717) is 18.8 Å². The highest BCUT2D eigenvalue weighted by Crippen LogP contribution is 2.24. The second-order valence-corrected chi connectivity index (χ2v) is 5.11.